The van der Waals surface area contributed by atoms with Crippen molar-refractivity contribution in [1.29, 1.82) is 0 Å². The normalized spacial score (nSPS) is 17.7. The fraction of sp³-hybridized carbons (Fsp3) is 0.400. The van der Waals surface area contributed by atoms with Crippen LogP contribution in [-0.2, 0) is 17.6 Å². The molecule has 0 saturated heterocycles. The molecule has 1 atom stereocenters. The Bertz CT molecular complexity index is 896. The molecule has 2 aromatic rings. The molecule has 1 unspecified atom stereocenters. The van der Waals surface area contributed by atoms with Crippen molar-refractivity contribution in [2.24, 2.45) is 0 Å². The first-order valence-corrected chi connectivity index (χ1v) is 10.9. The maximum absolute atomic E-state index is 12.7. The summed E-state index contributed by atoms with van der Waals surface area (Å²) in [5, 5.41) is 10.1. The number of allylic oxidation sites excluding steroid dienone is 1. The standard InChI is InChI=1S/C25H31N3O/c1-2-18-8-5-13-21(16-18)27-25(20-11-6-12-20)26-17-24(29)28-23-15-7-10-19-9-3-4-14-22(19)23/h3-5,8-9,13-14,16,23,26-27H,2,6-7,10-12,15,17H2,1H3,(H,28,29). The number of carbonyl (C=O) groups excluding carboxylic acids is 1. The van der Waals surface area contributed by atoms with E-state index in [1.807, 2.05) is 0 Å². The number of hydrogen-bond acceptors (Lipinski definition) is 3. The van der Waals surface area contributed by atoms with Crippen LogP contribution in [0.4, 0.5) is 5.69 Å². The largest absolute Gasteiger partial charge is 0.363 e. The molecule has 2 aromatic carbocycles. The molecule has 4 rings (SSSR count). The number of benzene rings is 2. The minimum atomic E-state index is 0.0493. The number of aryl methyl sites for hydroxylation is 2. The van der Waals surface area contributed by atoms with Gasteiger partial charge in [0.25, 0.3) is 0 Å². The van der Waals surface area contributed by atoms with Crippen LogP contribution in [-0.4, -0.2) is 12.5 Å². The summed E-state index contributed by atoms with van der Waals surface area (Å²) in [6.45, 7) is 2.45. The molecule has 29 heavy (non-hydrogen) atoms. The summed E-state index contributed by atoms with van der Waals surface area (Å²) in [5.41, 5.74) is 6.41. The molecule has 0 radical (unpaired) electrons. The zero-order valence-corrected chi connectivity index (χ0v) is 17.3. The monoisotopic (exact) mass is 389 g/mol. The molecule has 1 amide bonds. The number of rotatable bonds is 7. The lowest BCUT2D eigenvalue weighted by atomic mass is 9.88. The lowest BCUT2D eigenvalue weighted by Gasteiger charge is -2.27. The van der Waals surface area contributed by atoms with Crippen molar-refractivity contribution in [3.63, 3.8) is 0 Å². The zero-order valence-electron chi connectivity index (χ0n) is 17.3. The molecule has 3 N–H and O–H groups in total. The fourth-order valence-electron chi connectivity index (χ4n) is 4.19. The molecule has 152 valence electrons. The number of hydrogen-bond donors (Lipinski definition) is 3. The highest BCUT2D eigenvalue weighted by Gasteiger charge is 2.22. The number of anilines is 1. The summed E-state index contributed by atoms with van der Waals surface area (Å²) >= 11 is 0. The third kappa shape index (κ3) is 4.81. The highest BCUT2D eigenvalue weighted by atomic mass is 16.2. The van der Waals surface area contributed by atoms with E-state index in [9.17, 15) is 4.79 Å². The van der Waals surface area contributed by atoms with Crippen LogP contribution in [0, 0.1) is 0 Å². The van der Waals surface area contributed by atoms with Crippen LogP contribution in [0.1, 0.15) is 61.8 Å². The smallest absolute Gasteiger partial charge is 0.239 e. The van der Waals surface area contributed by atoms with E-state index in [0.29, 0.717) is 0 Å². The van der Waals surface area contributed by atoms with Gasteiger partial charge in [-0.2, -0.15) is 0 Å². The van der Waals surface area contributed by atoms with Crippen LogP contribution in [0.5, 0.6) is 0 Å². The minimum Gasteiger partial charge on any atom is -0.363 e. The molecule has 0 aliphatic heterocycles. The van der Waals surface area contributed by atoms with E-state index in [1.165, 1.54) is 28.7 Å². The molecule has 0 aromatic heterocycles. The van der Waals surface area contributed by atoms with Gasteiger partial charge in [0.2, 0.25) is 5.91 Å². The van der Waals surface area contributed by atoms with Crippen molar-refractivity contribution in [1.82, 2.24) is 10.6 Å². The van der Waals surface area contributed by atoms with Crippen molar-refractivity contribution in [3.05, 3.63) is 76.6 Å². The Kier molecular flexibility index (Phi) is 6.18. The Labute approximate surface area is 173 Å². The van der Waals surface area contributed by atoms with E-state index < -0.39 is 0 Å². The Balaban J connectivity index is 1.38. The third-order valence-electron chi connectivity index (χ3n) is 6.05. The topological polar surface area (TPSA) is 53.2 Å². The van der Waals surface area contributed by atoms with E-state index in [2.05, 4.69) is 71.4 Å². The fourth-order valence-corrected chi connectivity index (χ4v) is 4.19. The van der Waals surface area contributed by atoms with Gasteiger partial charge in [-0.15, -0.1) is 0 Å². The molecule has 2 aliphatic carbocycles. The van der Waals surface area contributed by atoms with Crippen molar-refractivity contribution in [2.45, 2.75) is 57.9 Å². The molecule has 4 nitrogen and oxygen atoms in total. The molecule has 0 heterocycles. The summed E-state index contributed by atoms with van der Waals surface area (Å²) in [4.78, 5) is 12.7. The van der Waals surface area contributed by atoms with Gasteiger partial charge < -0.3 is 16.0 Å². The maximum Gasteiger partial charge on any atom is 0.239 e. The molecular weight excluding hydrogens is 358 g/mol. The van der Waals surface area contributed by atoms with E-state index in [1.54, 1.807) is 0 Å². The summed E-state index contributed by atoms with van der Waals surface area (Å²) < 4.78 is 0. The number of carbonyl (C=O) groups is 1. The van der Waals surface area contributed by atoms with E-state index >= 15 is 0 Å². The van der Waals surface area contributed by atoms with E-state index in [-0.39, 0.29) is 18.5 Å². The Hall–Kier alpha value is -2.75. The van der Waals surface area contributed by atoms with Crippen molar-refractivity contribution < 1.29 is 4.79 Å². The van der Waals surface area contributed by atoms with Crippen LogP contribution in [0.3, 0.4) is 0 Å². The molecule has 0 bridgehead atoms. The first-order chi connectivity index (χ1) is 14.2. The second-order valence-electron chi connectivity index (χ2n) is 8.08. The van der Waals surface area contributed by atoms with Crippen LogP contribution in [0.25, 0.3) is 0 Å². The maximum atomic E-state index is 12.7. The van der Waals surface area contributed by atoms with Gasteiger partial charge in [0, 0.05) is 5.69 Å². The second-order valence-corrected chi connectivity index (χ2v) is 8.08. The van der Waals surface area contributed by atoms with Crippen molar-refractivity contribution >= 4 is 11.6 Å². The number of fused-ring (bicyclic) bond motifs is 1. The molecule has 1 saturated carbocycles. The first-order valence-electron chi connectivity index (χ1n) is 10.9. The molecule has 4 heteroatoms. The predicted octanol–water partition coefficient (Wildman–Crippen LogP) is 4.84. The Morgan fingerprint density at radius 1 is 1.03 bits per heavy atom. The van der Waals surface area contributed by atoms with Gasteiger partial charge in [-0.3, -0.25) is 4.79 Å². The van der Waals surface area contributed by atoms with Gasteiger partial charge in [-0.1, -0.05) is 43.3 Å². The van der Waals surface area contributed by atoms with Crippen LogP contribution in [0.15, 0.2) is 59.9 Å². The number of amides is 1. The van der Waals surface area contributed by atoms with Crippen LogP contribution in [0.2, 0.25) is 0 Å². The minimum absolute atomic E-state index is 0.0493. The van der Waals surface area contributed by atoms with Crippen LogP contribution < -0.4 is 16.0 Å². The molecule has 0 spiro atoms. The summed E-state index contributed by atoms with van der Waals surface area (Å²) in [6.07, 6.45) is 7.68. The molecule has 1 fully saturated rings. The van der Waals surface area contributed by atoms with Gasteiger partial charge >= 0.3 is 0 Å². The quantitative estimate of drug-likeness (QED) is 0.635. The van der Waals surface area contributed by atoms with E-state index in [4.69, 9.17) is 0 Å². The lowest BCUT2D eigenvalue weighted by Crippen LogP contribution is -2.38. The highest BCUT2D eigenvalue weighted by Crippen LogP contribution is 2.30. The Morgan fingerprint density at radius 3 is 2.69 bits per heavy atom. The summed E-state index contributed by atoms with van der Waals surface area (Å²) in [7, 11) is 0. The molecule has 2 aliphatic rings. The average Bonchev–Trinajstić information content (AvgIpc) is 2.71. The van der Waals surface area contributed by atoms with Crippen LogP contribution >= 0.6 is 0 Å². The SMILES string of the molecule is CCc1cccc(NC(NCC(=O)NC2CCCc3ccccc32)=C2CCC2)c1. The predicted molar refractivity (Wildman–Crippen MR) is 119 cm³/mol. The van der Waals surface area contributed by atoms with Gasteiger partial charge in [0.1, 0.15) is 5.82 Å². The Morgan fingerprint density at radius 2 is 1.90 bits per heavy atom. The lowest BCUT2D eigenvalue weighted by molar-refractivity contribution is -0.121. The summed E-state index contributed by atoms with van der Waals surface area (Å²) in [5.74, 6) is 1.05. The highest BCUT2D eigenvalue weighted by molar-refractivity contribution is 5.79. The third-order valence-corrected chi connectivity index (χ3v) is 6.05. The second kappa shape index (κ2) is 9.17. The van der Waals surface area contributed by atoms with E-state index in [0.717, 1.165) is 50.0 Å². The number of nitrogens with one attached hydrogen (secondary N) is 3. The van der Waals surface area contributed by atoms with Gasteiger partial charge in [0.05, 0.1) is 12.6 Å². The van der Waals surface area contributed by atoms with Gasteiger partial charge in [0.15, 0.2) is 0 Å². The average molecular weight is 390 g/mol. The van der Waals surface area contributed by atoms with Crippen molar-refractivity contribution in [2.75, 3.05) is 11.9 Å². The van der Waals surface area contributed by atoms with Gasteiger partial charge in [-0.05, 0) is 79.3 Å². The first kappa shape index (κ1) is 19.6. The molecular formula is C25H31N3O. The zero-order chi connectivity index (χ0) is 20.1. The van der Waals surface area contributed by atoms with Gasteiger partial charge in [-0.25, -0.2) is 0 Å². The van der Waals surface area contributed by atoms with Crippen molar-refractivity contribution in [3.8, 4) is 0 Å². The summed E-state index contributed by atoms with van der Waals surface area (Å²) in [6, 6.07) is 17.1.